The van der Waals surface area contributed by atoms with Gasteiger partial charge in [-0.3, -0.25) is 0 Å². The lowest BCUT2D eigenvalue weighted by molar-refractivity contribution is -0.432. The minimum Gasteiger partial charge on any atom is -0.220 e. The van der Waals surface area contributed by atoms with Crippen molar-refractivity contribution in [2.24, 2.45) is 0 Å². The second kappa shape index (κ2) is 8.25. The van der Waals surface area contributed by atoms with Crippen molar-refractivity contribution < 1.29 is 27.3 Å². The van der Waals surface area contributed by atoms with Crippen molar-refractivity contribution in [3.63, 3.8) is 0 Å². The van der Waals surface area contributed by atoms with Crippen molar-refractivity contribution >= 4 is 22.2 Å². The molecule has 0 radical (unpaired) electrons. The van der Waals surface area contributed by atoms with E-state index in [0.29, 0.717) is 25.1 Å². The van der Waals surface area contributed by atoms with Crippen LogP contribution in [0.2, 0.25) is 0 Å². The van der Waals surface area contributed by atoms with Crippen molar-refractivity contribution in [1.29, 1.82) is 0 Å². The molecule has 7 nitrogen and oxygen atoms in total. The van der Waals surface area contributed by atoms with Crippen LogP contribution < -0.4 is 0 Å². The van der Waals surface area contributed by atoms with Gasteiger partial charge in [0.2, 0.25) is 0 Å². The topological polar surface area (TPSA) is 85.3 Å². The molecular weight excluding hydrogens is 270 g/mol. The van der Waals surface area contributed by atoms with Gasteiger partial charge in [0.1, 0.15) is 0 Å². The Morgan fingerprint density at radius 1 is 1.12 bits per heavy atom. The molecule has 0 amide bonds. The van der Waals surface area contributed by atoms with Gasteiger partial charge in [-0.05, 0) is 12.8 Å². The van der Waals surface area contributed by atoms with Gasteiger partial charge < -0.3 is 0 Å². The lowest BCUT2D eigenvalue weighted by Crippen LogP contribution is -2.31. The van der Waals surface area contributed by atoms with Crippen LogP contribution in [0.4, 0.5) is 0 Å². The lowest BCUT2D eigenvalue weighted by Gasteiger charge is -2.22. The van der Waals surface area contributed by atoms with E-state index in [4.69, 9.17) is 9.54 Å². The maximum Gasteiger partial charge on any atom is 0.295 e. The summed E-state index contributed by atoms with van der Waals surface area (Å²) in [4.78, 5) is 0. The molecule has 0 aromatic heterocycles. The number of hydrogen-bond acceptors (Lipinski definition) is 8. The molecule has 1 saturated heterocycles. The molecule has 0 bridgehead atoms. The van der Waals surface area contributed by atoms with E-state index in [1.165, 1.54) is 11.5 Å². The van der Waals surface area contributed by atoms with Crippen LogP contribution in [-0.4, -0.2) is 36.9 Å². The van der Waals surface area contributed by atoms with Crippen LogP contribution in [0.5, 0.6) is 0 Å². The van der Waals surface area contributed by atoms with Crippen molar-refractivity contribution in [2.75, 3.05) is 18.2 Å². The van der Waals surface area contributed by atoms with E-state index in [1.807, 2.05) is 0 Å². The number of hydrogen-bond donors (Lipinski definition) is 1. The predicted octanol–water partition coefficient (Wildman–Crippen LogP) is 1.54. The first-order chi connectivity index (χ1) is 8.14. The summed E-state index contributed by atoms with van der Waals surface area (Å²) < 4.78 is 31.9. The van der Waals surface area contributed by atoms with Gasteiger partial charge in [0, 0.05) is 13.1 Å². The molecule has 1 N–H and O–H groups in total. The van der Waals surface area contributed by atoms with Gasteiger partial charge in [-0.15, -0.1) is 4.33 Å². The summed E-state index contributed by atoms with van der Waals surface area (Å²) in [5.41, 5.74) is 0. The summed E-state index contributed by atoms with van der Waals surface area (Å²) in [6.07, 6.45) is 5.24. The van der Waals surface area contributed by atoms with E-state index in [0.717, 1.165) is 25.7 Å². The first kappa shape index (κ1) is 15.2. The zero-order valence-corrected chi connectivity index (χ0v) is 11.0. The molecule has 0 aromatic rings. The minimum atomic E-state index is -3.71. The fourth-order valence-electron chi connectivity index (χ4n) is 1.58. The van der Waals surface area contributed by atoms with Crippen LogP contribution >= 0.6 is 12.0 Å². The van der Waals surface area contributed by atoms with Crippen LogP contribution in [-0.2, 0) is 23.8 Å². The number of hydroxylamine groups is 2. The molecule has 102 valence electrons. The van der Waals surface area contributed by atoms with Crippen LogP contribution in [0.3, 0.4) is 0 Å². The molecule has 1 fully saturated rings. The highest BCUT2D eigenvalue weighted by Gasteiger charge is 2.19. The molecular formula is C8H17NO6S2. The molecule has 0 aliphatic carbocycles. The first-order valence-electron chi connectivity index (χ1n) is 5.41. The van der Waals surface area contributed by atoms with Gasteiger partial charge in [-0.2, -0.15) is 17.8 Å². The van der Waals surface area contributed by atoms with Gasteiger partial charge >= 0.3 is 0 Å². The second-order valence-corrected chi connectivity index (χ2v) is 6.29. The number of rotatable bonds is 6. The van der Waals surface area contributed by atoms with Crippen LogP contribution in [0.25, 0.3) is 0 Å². The predicted molar refractivity (Wildman–Crippen MR) is 61.9 cm³/mol. The Balaban J connectivity index is 2.33. The third-order valence-corrected chi connectivity index (χ3v) is 4.44. The standard InChI is InChI=1S/C8H17NO6S2/c10-14-15-16-8-17(11,12)13-9-6-4-2-1-3-5-7-9/h10H,1-8H2. The van der Waals surface area contributed by atoms with Crippen molar-refractivity contribution in [2.45, 2.75) is 32.1 Å². The summed E-state index contributed by atoms with van der Waals surface area (Å²) in [5, 5.41) is 12.2. The first-order valence-corrected chi connectivity index (χ1v) is 7.90. The SMILES string of the molecule is O=S(=O)(CSOOO)ON1CCCCCCC1. The highest BCUT2D eigenvalue weighted by molar-refractivity contribution is 8.08. The van der Waals surface area contributed by atoms with E-state index >= 15 is 0 Å². The average molecular weight is 287 g/mol. The molecule has 1 aliphatic rings. The molecule has 0 aromatic carbocycles. The molecule has 17 heavy (non-hydrogen) atoms. The summed E-state index contributed by atoms with van der Waals surface area (Å²) in [5.74, 6) is 0. The fraction of sp³-hybridized carbons (Fsp3) is 1.00. The maximum atomic E-state index is 11.5. The summed E-state index contributed by atoms with van der Waals surface area (Å²) in [7, 11) is -3.71. The zero-order chi connectivity index (χ0) is 12.6. The quantitative estimate of drug-likeness (QED) is 0.341. The Morgan fingerprint density at radius 3 is 2.29 bits per heavy atom. The smallest absolute Gasteiger partial charge is 0.220 e. The molecule has 1 rings (SSSR count). The van der Waals surface area contributed by atoms with Gasteiger partial charge in [0.25, 0.3) is 10.1 Å². The monoisotopic (exact) mass is 287 g/mol. The number of nitrogens with zero attached hydrogens (tertiary/aromatic N) is 1. The van der Waals surface area contributed by atoms with Crippen LogP contribution in [0.15, 0.2) is 0 Å². The van der Waals surface area contributed by atoms with Gasteiger partial charge in [-0.25, -0.2) is 5.26 Å². The Labute approximate surface area is 105 Å². The largest absolute Gasteiger partial charge is 0.295 e. The lowest BCUT2D eigenvalue weighted by atomic mass is 10.1. The zero-order valence-electron chi connectivity index (χ0n) is 9.41. The molecule has 1 heterocycles. The summed E-state index contributed by atoms with van der Waals surface area (Å²) >= 11 is 0.446. The van der Waals surface area contributed by atoms with Gasteiger partial charge in [-0.1, -0.05) is 24.3 Å². The average Bonchev–Trinajstić information content (AvgIpc) is 2.22. The highest BCUT2D eigenvalue weighted by Crippen LogP contribution is 2.15. The van der Waals surface area contributed by atoms with Gasteiger partial charge in [0.15, 0.2) is 5.08 Å². The van der Waals surface area contributed by atoms with Crippen molar-refractivity contribution in [1.82, 2.24) is 5.06 Å². The molecule has 0 unspecified atom stereocenters. The highest BCUT2D eigenvalue weighted by atomic mass is 32.3. The van der Waals surface area contributed by atoms with Crippen molar-refractivity contribution in [3.05, 3.63) is 0 Å². The molecule has 9 heteroatoms. The van der Waals surface area contributed by atoms with E-state index in [-0.39, 0.29) is 0 Å². The Morgan fingerprint density at radius 2 is 1.71 bits per heavy atom. The van der Waals surface area contributed by atoms with Crippen LogP contribution in [0, 0.1) is 0 Å². The Kier molecular flexibility index (Phi) is 7.35. The third kappa shape index (κ3) is 7.19. The molecule has 0 atom stereocenters. The van der Waals surface area contributed by atoms with Crippen molar-refractivity contribution in [3.8, 4) is 0 Å². The second-order valence-electron chi connectivity index (χ2n) is 3.71. The third-order valence-electron chi connectivity index (χ3n) is 2.30. The van der Waals surface area contributed by atoms with E-state index in [2.05, 4.69) is 9.37 Å². The summed E-state index contributed by atoms with van der Waals surface area (Å²) in [6, 6.07) is 0. The minimum absolute atomic E-state index is 0.440. The van der Waals surface area contributed by atoms with Crippen LogP contribution in [0.1, 0.15) is 32.1 Å². The maximum absolute atomic E-state index is 11.5. The molecule has 0 saturated carbocycles. The van der Waals surface area contributed by atoms with Gasteiger partial charge in [0.05, 0.1) is 12.0 Å². The normalized spacial score (nSPS) is 19.8. The fourth-order valence-corrected chi connectivity index (χ4v) is 2.89. The Hall–Kier alpha value is 0.1000. The van der Waals surface area contributed by atoms with E-state index < -0.39 is 15.2 Å². The van der Waals surface area contributed by atoms with E-state index in [9.17, 15) is 8.42 Å². The molecule has 0 spiro atoms. The Bertz CT molecular complexity index is 288. The van der Waals surface area contributed by atoms with E-state index in [1.54, 1.807) is 0 Å². The summed E-state index contributed by atoms with van der Waals surface area (Å²) in [6.45, 7) is 1.22. The molecule has 1 aliphatic heterocycles.